The number of halogens is 1. The summed E-state index contributed by atoms with van der Waals surface area (Å²) in [6.07, 6.45) is 1.64. The van der Waals surface area contributed by atoms with Crippen LogP contribution in [-0.4, -0.2) is 29.3 Å². The molecule has 1 aliphatic heterocycles. The summed E-state index contributed by atoms with van der Waals surface area (Å²) in [6, 6.07) is 0. The van der Waals surface area contributed by atoms with E-state index < -0.39 is 0 Å². The fraction of sp³-hybridized carbons (Fsp3) is 0.889. The van der Waals surface area contributed by atoms with Crippen LogP contribution in [-0.2, 0) is 4.79 Å². The van der Waals surface area contributed by atoms with Crippen molar-refractivity contribution >= 4 is 17.5 Å². The number of hydrogen-bond acceptors (Lipinski definition) is 1. The van der Waals surface area contributed by atoms with Crippen LogP contribution in [0.1, 0.15) is 26.7 Å². The molecule has 0 aromatic carbocycles. The molecular weight excluding hydrogens is 174 g/mol. The summed E-state index contributed by atoms with van der Waals surface area (Å²) in [5.74, 6) is 0.778. The van der Waals surface area contributed by atoms with E-state index in [9.17, 15) is 4.79 Å². The van der Waals surface area contributed by atoms with Gasteiger partial charge in [-0.1, -0.05) is 13.8 Å². The van der Waals surface area contributed by atoms with Gasteiger partial charge in [-0.2, -0.15) is 0 Å². The molecule has 12 heavy (non-hydrogen) atoms. The van der Waals surface area contributed by atoms with E-state index in [2.05, 4.69) is 6.92 Å². The minimum Gasteiger partial charge on any atom is -0.341 e. The van der Waals surface area contributed by atoms with E-state index in [4.69, 9.17) is 11.6 Å². The van der Waals surface area contributed by atoms with Gasteiger partial charge in [0, 0.05) is 19.5 Å². The van der Waals surface area contributed by atoms with E-state index in [1.807, 2.05) is 11.8 Å². The average molecular weight is 190 g/mol. The van der Waals surface area contributed by atoms with Gasteiger partial charge in [-0.15, -0.1) is 11.6 Å². The monoisotopic (exact) mass is 189 g/mol. The summed E-state index contributed by atoms with van der Waals surface area (Å²) in [4.78, 5) is 13.2. The molecular formula is C9H16ClNO. The fourth-order valence-corrected chi connectivity index (χ4v) is 1.76. The fourth-order valence-electron chi connectivity index (χ4n) is 1.47. The number of likely N-dealkylation sites (tertiary alicyclic amines) is 1. The third kappa shape index (κ3) is 2.13. The smallest absolute Gasteiger partial charge is 0.222 e. The highest BCUT2D eigenvalue weighted by molar-refractivity contribution is 6.21. The average Bonchev–Trinajstić information content (AvgIpc) is 2.08. The molecule has 1 saturated heterocycles. The number of nitrogens with zero attached hydrogens (tertiary/aromatic N) is 1. The van der Waals surface area contributed by atoms with Gasteiger partial charge < -0.3 is 4.90 Å². The number of alkyl halides is 1. The quantitative estimate of drug-likeness (QED) is 0.577. The topological polar surface area (TPSA) is 20.3 Å². The molecule has 70 valence electrons. The number of carbonyl (C=O) groups excluding carboxylic acids is 1. The largest absolute Gasteiger partial charge is 0.341 e. The Morgan fingerprint density at radius 1 is 1.67 bits per heavy atom. The second kappa shape index (κ2) is 4.13. The minimum absolute atomic E-state index is 0.147. The van der Waals surface area contributed by atoms with Crippen molar-refractivity contribution in [1.29, 1.82) is 0 Å². The Balaban J connectivity index is 2.45. The molecule has 2 nitrogen and oxygen atoms in total. The highest BCUT2D eigenvalue weighted by Gasteiger charge is 2.26. The van der Waals surface area contributed by atoms with Crippen molar-refractivity contribution in [2.24, 2.45) is 5.92 Å². The summed E-state index contributed by atoms with van der Waals surface area (Å²) in [6.45, 7) is 5.65. The highest BCUT2D eigenvalue weighted by atomic mass is 35.5. The lowest BCUT2D eigenvalue weighted by molar-refractivity contribution is -0.132. The first-order valence-corrected chi connectivity index (χ1v) is 5.00. The summed E-state index contributed by atoms with van der Waals surface area (Å²) in [7, 11) is 0. The Morgan fingerprint density at radius 3 is 2.83 bits per heavy atom. The van der Waals surface area contributed by atoms with E-state index in [-0.39, 0.29) is 11.3 Å². The van der Waals surface area contributed by atoms with Gasteiger partial charge in [-0.05, 0) is 12.3 Å². The van der Waals surface area contributed by atoms with Gasteiger partial charge in [-0.25, -0.2) is 0 Å². The normalized spacial score (nSPS) is 30.4. The van der Waals surface area contributed by atoms with Crippen molar-refractivity contribution in [3.8, 4) is 0 Å². The molecule has 0 aliphatic carbocycles. The molecule has 0 spiro atoms. The molecule has 0 aromatic heterocycles. The van der Waals surface area contributed by atoms with E-state index in [0.29, 0.717) is 12.3 Å². The van der Waals surface area contributed by atoms with Crippen molar-refractivity contribution in [3.05, 3.63) is 0 Å². The van der Waals surface area contributed by atoms with Crippen LogP contribution in [0.2, 0.25) is 0 Å². The van der Waals surface area contributed by atoms with Crippen molar-refractivity contribution in [2.45, 2.75) is 32.1 Å². The predicted molar refractivity (Wildman–Crippen MR) is 50.3 cm³/mol. The molecule has 2 atom stereocenters. The summed E-state index contributed by atoms with van der Waals surface area (Å²) in [5.41, 5.74) is 0. The molecule has 0 bridgehead atoms. The lowest BCUT2D eigenvalue weighted by Crippen LogP contribution is -2.43. The van der Waals surface area contributed by atoms with Crippen LogP contribution in [0.25, 0.3) is 0 Å². The number of amides is 1. The molecule has 0 aromatic rings. The lowest BCUT2D eigenvalue weighted by Gasteiger charge is -2.33. The zero-order valence-corrected chi connectivity index (χ0v) is 8.47. The molecule has 3 heteroatoms. The zero-order chi connectivity index (χ0) is 9.14. The van der Waals surface area contributed by atoms with Crippen molar-refractivity contribution in [3.63, 3.8) is 0 Å². The van der Waals surface area contributed by atoms with Gasteiger partial charge in [0.25, 0.3) is 0 Å². The van der Waals surface area contributed by atoms with Crippen LogP contribution < -0.4 is 0 Å². The minimum atomic E-state index is 0.147. The molecule has 1 rings (SSSR count). The number of rotatable bonds is 1. The highest BCUT2D eigenvalue weighted by Crippen LogP contribution is 2.21. The summed E-state index contributed by atoms with van der Waals surface area (Å²) >= 11 is 6.07. The third-order valence-electron chi connectivity index (χ3n) is 2.52. The van der Waals surface area contributed by atoms with Crippen LogP contribution in [0, 0.1) is 5.92 Å². The van der Waals surface area contributed by atoms with Crippen LogP contribution in [0.15, 0.2) is 0 Å². The predicted octanol–water partition coefficient (Wildman–Crippen LogP) is 1.87. The first-order chi connectivity index (χ1) is 5.65. The molecule has 1 aliphatic rings. The maximum absolute atomic E-state index is 11.3. The number of carbonyl (C=O) groups is 1. The van der Waals surface area contributed by atoms with Gasteiger partial charge in [0.1, 0.15) is 0 Å². The Morgan fingerprint density at radius 2 is 2.33 bits per heavy atom. The van der Waals surface area contributed by atoms with Crippen molar-refractivity contribution in [1.82, 2.24) is 4.90 Å². The van der Waals surface area contributed by atoms with Crippen LogP contribution in [0.4, 0.5) is 0 Å². The molecule has 1 heterocycles. The maximum atomic E-state index is 11.3. The first kappa shape index (κ1) is 9.85. The Labute approximate surface area is 78.9 Å². The second-order valence-electron chi connectivity index (χ2n) is 3.48. The first-order valence-electron chi connectivity index (χ1n) is 4.57. The number of piperidine rings is 1. The van der Waals surface area contributed by atoms with Crippen LogP contribution in [0.3, 0.4) is 0 Å². The van der Waals surface area contributed by atoms with Gasteiger partial charge in [0.05, 0.1) is 5.38 Å². The van der Waals surface area contributed by atoms with E-state index in [0.717, 1.165) is 19.5 Å². The molecule has 1 fully saturated rings. The Hall–Kier alpha value is -0.240. The van der Waals surface area contributed by atoms with Gasteiger partial charge >= 0.3 is 0 Å². The van der Waals surface area contributed by atoms with Gasteiger partial charge in [0.15, 0.2) is 0 Å². The van der Waals surface area contributed by atoms with E-state index in [1.165, 1.54) is 0 Å². The third-order valence-corrected chi connectivity index (χ3v) is 3.09. The summed E-state index contributed by atoms with van der Waals surface area (Å²) in [5, 5.41) is 0.147. The zero-order valence-electron chi connectivity index (χ0n) is 7.72. The van der Waals surface area contributed by atoms with Crippen molar-refractivity contribution < 1.29 is 4.79 Å². The standard InChI is InChI=1S/C9H16ClNO/c1-3-9(12)11-5-4-7(2)8(10)6-11/h7-8H,3-6H2,1-2H3. The van der Waals surface area contributed by atoms with Crippen molar-refractivity contribution in [2.75, 3.05) is 13.1 Å². The summed E-state index contributed by atoms with van der Waals surface area (Å²) < 4.78 is 0. The van der Waals surface area contributed by atoms with E-state index >= 15 is 0 Å². The second-order valence-corrected chi connectivity index (χ2v) is 4.04. The Kier molecular flexibility index (Phi) is 3.39. The SMILES string of the molecule is CCC(=O)N1CCC(C)C(Cl)C1. The van der Waals surface area contributed by atoms with Crippen LogP contribution >= 0.6 is 11.6 Å². The maximum Gasteiger partial charge on any atom is 0.222 e. The lowest BCUT2D eigenvalue weighted by atomic mass is 9.98. The molecule has 1 amide bonds. The van der Waals surface area contributed by atoms with E-state index in [1.54, 1.807) is 0 Å². The Bertz CT molecular complexity index is 172. The molecule has 0 saturated carbocycles. The van der Waals surface area contributed by atoms with Gasteiger partial charge in [-0.3, -0.25) is 4.79 Å². The molecule has 0 N–H and O–H groups in total. The van der Waals surface area contributed by atoms with Crippen LogP contribution in [0.5, 0.6) is 0 Å². The van der Waals surface area contributed by atoms with Gasteiger partial charge in [0.2, 0.25) is 5.91 Å². The number of hydrogen-bond donors (Lipinski definition) is 0. The molecule has 0 radical (unpaired) electrons. The molecule has 2 unspecified atom stereocenters.